The Morgan fingerprint density at radius 1 is 0.587 bits per heavy atom. The van der Waals surface area contributed by atoms with Crippen molar-refractivity contribution < 1.29 is 42.5 Å². The molecule has 0 amide bonds. The lowest BCUT2D eigenvalue weighted by Crippen LogP contribution is -2.12. The molecule has 3 rings (SSSR count). The molecule has 0 atom stereocenters. The van der Waals surface area contributed by atoms with Crippen LogP contribution >= 0.6 is 0 Å². The molecule has 3 aromatic rings. The quantitative estimate of drug-likeness (QED) is 0.0918. The van der Waals surface area contributed by atoms with E-state index in [1.165, 1.54) is 64.1 Å². The van der Waals surface area contributed by atoms with E-state index < -0.39 is 29.7 Å². The van der Waals surface area contributed by atoms with Crippen molar-refractivity contribution in [1.29, 1.82) is 0 Å². The largest absolute Gasteiger partial charge is 0.423 e. The van der Waals surface area contributed by atoms with Gasteiger partial charge in [0.1, 0.15) is 28.8 Å². The number of aryl methyl sites for hydroxylation is 1. The summed E-state index contributed by atoms with van der Waals surface area (Å²) >= 11 is 0. The van der Waals surface area contributed by atoms with Gasteiger partial charge in [0, 0.05) is 45.0 Å². The first-order valence-electron chi connectivity index (χ1n) is 13.8. The average molecular weight is 625 g/mol. The summed E-state index contributed by atoms with van der Waals surface area (Å²) in [7, 11) is 0. The smallest absolute Gasteiger partial charge is 0.338 e. The Balaban J connectivity index is 2.16. The fraction of sp³-hybridized carbons (Fsp3) is 0.135. The number of rotatable bonds is 11. The van der Waals surface area contributed by atoms with Crippen molar-refractivity contribution in [3.8, 4) is 34.1 Å². The average Bonchev–Trinajstić information content (AvgIpc) is 2.98. The lowest BCUT2D eigenvalue weighted by molar-refractivity contribution is -0.131. The van der Waals surface area contributed by atoms with Crippen molar-refractivity contribution in [3.63, 3.8) is 0 Å². The van der Waals surface area contributed by atoms with Crippen molar-refractivity contribution >= 4 is 36.0 Å². The Morgan fingerprint density at radius 3 is 1.61 bits per heavy atom. The van der Waals surface area contributed by atoms with E-state index in [1.54, 1.807) is 25.1 Å². The topological polar surface area (TPSA) is 105 Å². The molecule has 0 aliphatic carbocycles. The number of esters is 4. The fourth-order valence-corrected chi connectivity index (χ4v) is 3.68. The Bertz CT molecular complexity index is 1840. The molecule has 9 heteroatoms. The summed E-state index contributed by atoms with van der Waals surface area (Å²) in [5.74, 6) is -2.98. The van der Waals surface area contributed by atoms with Gasteiger partial charge in [-0.05, 0) is 82.1 Å². The molecule has 0 radical (unpaired) electrons. The summed E-state index contributed by atoms with van der Waals surface area (Å²) in [5, 5.41) is 0. The van der Waals surface area contributed by atoms with Gasteiger partial charge in [0.05, 0.1) is 0 Å². The SMILES string of the molecule is C=C(C)C(=O)Oc1ccc(/C=C/c2cc(OC(=O)C(=C)C)c(-c3ccc(OC(=O)C(=C)C)c(C)c3)cc2OC(=O)C(=C)C)c(F)c1. The predicted molar refractivity (Wildman–Crippen MR) is 174 cm³/mol. The Kier molecular flexibility index (Phi) is 11.1. The number of hydrogen-bond acceptors (Lipinski definition) is 8. The van der Waals surface area contributed by atoms with Gasteiger partial charge >= 0.3 is 23.9 Å². The Hall–Kier alpha value is -5.83. The van der Waals surface area contributed by atoms with Crippen LogP contribution in [0.25, 0.3) is 23.3 Å². The monoisotopic (exact) mass is 624 g/mol. The summed E-state index contributed by atoms with van der Waals surface area (Å²) in [5.41, 5.74) is 2.49. The highest BCUT2D eigenvalue weighted by molar-refractivity contribution is 5.93. The summed E-state index contributed by atoms with van der Waals surface area (Å²) in [4.78, 5) is 49.1. The maximum atomic E-state index is 15.0. The molecule has 0 bridgehead atoms. The highest BCUT2D eigenvalue weighted by Gasteiger charge is 2.20. The second-order valence-electron chi connectivity index (χ2n) is 10.6. The first-order chi connectivity index (χ1) is 21.6. The van der Waals surface area contributed by atoms with Crippen molar-refractivity contribution in [3.05, 3.63) is 120 Å². The molecular weight excluding hydrogens is 591 g/mol. The molecule has 0 spiro atoms. The van der Waals surface area contributed by atoms with Gasteiger partial charge in [-0.3, -0.25) is 0 Å². The zero-order chi connectivity index (χ0) is 34.3. The van der Waals surface area contributed by atoms with E-state index in [4.69, 9.17) is 18.9 Å². The highest BCUT2D eigenvalue weighted by atomic mass is 19.1. The Morgan fingerprint density at radius 2 is 1.09 bits per heavy atom. The molecular formula is C37H33FO8. The summed E-state index contributed by atoms with van der Waals surface area (Å²) in [6, 6.07) is 11.7. The summed E-state index contributed by atoms with van der Waals surface area (Å²) < 4.78 is 36.7. The predicted octanol–water partition coefficient (Wildman–Crippen LogP) is 7.90. The molecule has 3 aromatic carbocycles. The van der Waals surface area contributed by atoms with Crippen LogP contribution in [0.3, 0.4) is 0 Å². The van der Waals surface area contributed by atoms with Crippen LogP contribution < -0.4 is 18.9 Å². The van der Waals surface area contributed by atoms with Crippen LogP contribution in [0.15, 0.2) is 97.1 Å². The molecule has 0 heterocycles. The number of carbonyl (C=O) groups excluding carboxylic acids is 4. The van der Waals surface area contributed by atoms with Gasteiger partial charge in [0.2, 0.25) is 0 Å². The van der Waals surface area contributed by atoms with Crippen molar-refractivity contribution in [2.75, 3.05) is 0 Å². The molecule has 0 unspecified atom stereocenters. The third-order valence-corrected chi connectivity index (χ3v) is 6.22. The summed E-state index contributed by atoms with van der Waals surface area (Å²) in [6.07, 6.45) is 2.87. The standard InChI is InChI=1S/C37H33FO8/c1-20(2)34(39)43-28-14-12-25(30(38)18-28)10-11-27-17-33(46-37(42)23(7)8)29(19-32(27)45-36(41)22(5)6)26-13-15-31(24(9)16-26)44-35(40)21(3)4/h10-19H,1,3,5,7H2,2,4,6,8-9H3/b11-10+. The van der Waals surface area contributed by atoms with Crippen LogP contribution in [-0.2, 0) is 19.2 Å². The maximum Gasteiger partial charge on any atom is 0.338 e. The second kappa shape index (κ2) is 14.8. The fourth-order valence-electron chi connectivity index (χ4n) is 3.68. The molecule has 0 aliphatic heterocycles. The molecule has 0 aliphatic rings. The van der Waals surface area contributed by atoms with Crippen LogP contribution in [-0.4, -0.2) is 23.9 Å². The molecule has 0 aromatic heterocycles. The molecule has 236 valence electrons. The summed E-state index contributed by atoms with van der Waals surface area (Å²) in [6.45, 7) is 22.0. The number of benzene rings is 3. The van der Waals surface area contributed by atoms with Crippen LogP contribution in [0, 0.1) is 12.7 Å². The molecule has 0 N–H and O–H groups in total. The normalized spacial score (nSPS) is 10.6. The van der Waals surface area contributed by atoms with Gasteiger partial charge in [-0.25, -0.2) is 23.6 Å². The number of carbonyl (C=O) groups is 4. The minimum absolute atomic E-state index is 0.00669. The number of halogens is 1. The van der Waals surface area contributed by atoms with Gasteiger partial charge < -0.3 is 18.9 Å². The second-order valence-corrected chi connectivity index (χ2v) is 10.6. The van der Waals surface area contributed by atoms with Gasteiger partial charge in [0.15, 0.2) is 0 Å². The third kappa shape index (κ3) is 8.86. The van der Waals surface area contributed by atoms with Gasteiger partial charge in [-0.1, -0.05) is 44.5 Å². The van der Waals surface area contributed by atoms with E-state index in [1.807, 2.05) is 0 Å². The zero-order valence-corrected chi connectivity index (χ0v) is 26.2. The number of hydrogen-bond donors (Lipinski definition) is 0. The first kappa shape index (κ1) is 34.7. The van der Waals surface area contributed by atoms with Gasteiger partial charge in [-0.2, -0.15) is 0 Å². The maximum absolute atomic E-state index is 15.0. The van der Waals surface area contributed by atoms with Crippen molar-refractivity contribution in [2.24, 2.45) is 0 Å². The zero-order valence-electron chi connectivity index (χ0n) is 26.2. The van der Waals surface area contributed by atoms with E-state index in [0.717, 1.165) is 6.07 Å². The highest BCUT2D eigenvalue weighted by Crippen LogP contribution is 2.39. The third-order valence-electron chi connectivity index (χ3n) is 6.22. The molecule has 0 saturated carbocycles. The van der Waals surface area contributed by atoms with E-state index in [0.29, 0.717) is 22.4 Å². The van der Waals surface area contributed by atoms with Crippen LogP contribution in [0.1, 0.15) is 44.4 Å². The molecule has 8 nitrogen and oxygen atoms in total. The molecule has 46 heavy (non-hydrogen) atoms. The van der Waals surface area contributed by atoms with Crippen LogP contribution in [0.2, 0.25) is 0 Å². The van der Waals surface area contributed by atoms with Gasteiger partial charge in [-0.15, -0.1) is 0 Å². The van der Waals surface area contributed by atoms with Crippen molar-refractivity contribution in [1.82, 2.24) is 0 Å². The van der Waals surface area contributed by atoms with Gasteiger partial charge in [0.25, 0.3) is 0 Å². The minimum Gasteiger partial charge on any atom is -0.423 e. The lowest BCUT2D eigenvalue weighted by Gasteiger charge is -2.16. The van der Waals surface area contributed by atoms with Crippen LogP contribution in [0.5, 0.6) is 23.0 Å². The minimum atomic E-state index is -0.722. The van der Waals surface area contributed by atoms with E-state index in [2.05, 4.69) is 26.3 Å². The van der Waals surface area contributed by atoms with E-state index in [-0.39, 0.29) is 50.7 Å². The van der Waals surface area contributed by atoms with E-state index in [9.17, 15) is 23.6 Å². The lowest BCUT2D eigenvalue weighted by atomic mass is 9.99. The first-order valence-corrected chi connectivity index (χ1v) is 13.8. The van der Waals surface area contributed by atoms with Crippen LogP contribution in [0.4, 0.5) is 4.39 Å². The Labute approximate surface area is 266 Å². The molecule has 0 fully saturated rings. The van der Waals surface area contributed by atoms with E-state index >= 15 is 0 Å². The number of ether oxygens (including phenoxy) is 4. The van der Waals surface area contributed by atoms with Crippen molar-refractivity contribution in [2.45, 2.75) is 34.6 Å². The molecule has 0 saturated heterocycles.